The summed E-state index contributed by atoms with van der Waals surface area (Å²) in [4.78, 5) is 13.3. The highest BCUT2D eigenvalue weighted by molar-refractivity contribution is 5.83. The quantitative estimate of drug-likeness (QED) is 0.656. The number of hydrogen-bond donors (Lipinski definition) is 2. The Hall–Kier alpha value is -2.37. The maximum atomic E-state index is 12.0. The van der Waals surface area contributed by atoms with Crippen LogP contribution in [-0.2, 0) is 6.54 Å². The molecule has 3 rings (SSSR count). The molecule has 0 saturated carbocycles. The molecule has 0 aliphatic rings. The fourth-order valence-electron chi connectivity index (χ4n) is 3.22. The highest BCUT2D eigenvalue weighted by Crippen LogP contribution is 2.22. The number of quaternary nitrogens is 2. The van der Waals surface area contributed by atoms with E-state index in [1.165, 1.54) is 4.90 Å². The van der Waals surface area contributed by atoms with Gasteiger partial charge < -0.3 is 19.1 Å². The topological polar surface area (TPSA) is 64.4 Å². The van der Waals surface area contributed by atoms with Gasteiger partial charge in [0, 0.05) is 17.0 Å². The van der Waals surface area contributed by atoms with Crippen LogP contribution in [0.3, 0.4) is 0 Å². The minimum absolute atomic E-state index is 0.269. The first-order valence-electron chi connectivity index (χ1n) is 8.65. The van der Waals surface area contributed by atoms with Crippen LogP contribution in [0.4, 0.5) is 0 Å². The van der Waals surface area contributed by atoms with E-state index in [9.17, 15) is 4.79 Å². The summed E-state index contributed by atoms with van der Waals surface area (Å²) in [5.74, 6) is 0.986. The van der Waals surface area contributed by atoms with Gasteiger partial charge in [0.1, 0.15) is 18.7 Å². The minimum atomic E-state index is -0.287. The molecule has 0 amide bonds. The molecule has 0 bridgehead atoms. The van der Waals surface area contributed by atoms with Crippen molar-refractivity contribution in [2.24, 2.45) is 0 Å². The van der Waals surface area contributed by atoms with Crippen LogP contribution in [0.1, 0.15) is 28.5 Å². The first-order valence-corrected chi connectivity index (χ1v) is 8.65. The molecule has 0 fully saturated rings. The second-order valence-corrected chi connectivity index (χ2v) is 6.85. The van der Waals surface area contributed by atoms with Gasteiger partial charge in [0.2, 0.25) is 0 Å². The van der Waals surface area contributed by atoms with E-state index in [0.717, 1.165) is 40.9 Å². The van der Waals surface area contributed by atoms with E-state index in [1.54, 1.807) is 12.3 Å². The van der Waals surface area contributed by atoms with Crippen LogP contribution in [0.25, 0.3) is 11.0 Å². The largest absolute Gasteiger partial charge is 0.463 e. The summed E-state index contributed by atoms with van der Waals surface area (Å²) in [6, 6.07) is 9.95. The highest BCUT2D eigenvalue weighted by Gasteiger charge is 2.22. The molecule has 3 N–H and O–H groups in total. The molecule has 1 atom stereocenters. The Bertz CT molecular complexity index is 911. The minimum Gasteiger partial charge on any atom is -0.463 e. The lowest BCUT2D eigenvalue weighted by Crippen LogP contribution is -3.09. The number of rotatable bonds is 6. The van der Waals surface area contributed by atoms with Crippen LogP contribution in [0.2, 0.25) is 0 Å². The maximum Gasteiger partial charge on any atom is 0.336 e. The van der Waals surface area contributed by atoms with Gasteiger partial charge in [-0.05, 0) is 37.1 Å². The lowest BCUT2D eigenvalue weighted by molar-refractivity contribution is -0.911. The molecular formula is C20H26N2O3+2. The average Bonchev–Trinajstić information content (AvgIpc) is 3.09. The predicted molar refractivity (Wildman–Crippen MR) is 96.7 cm³/mol. The van der Waals surface area contributed by atoms with Crippen molar-refractivity contribution in [2.45, 2.75) is 26.4 Å². The molecule has 0 aliphatic heterocycles. The summed E-state index contributed by atoms with van der Waals surface area (Å²) >= 11 is 0. The summed E-state index contributed by atoms with van der Waals surface area (Å²) in [6.07, 6.45) is 1.71. The van der Waals surface area contributed by atoms with Gasteiger partial charge in [-0.15, -0.1) is 0 Å². The molecule has 5 heteroatoms. The van der Waals surface area contributed by atoms with E-state index >= 15 is 0 Å². The highest BCUT2D eigenvalue weighted by atomic mass is 16.4. The number of aryl methyl sites for hydroxylation is 2. The van der Waals surface area contributed by atoms with Crippen molar-refractivity contribution in [1.82, 2.24) is 0 Å². The van der Waals surface area contributed by atoms with Crippen LogP contribution in [0.5, 0.6) is 0 Å². The lowest BCUT2D eigenvalue weighted by atomic mass is 10.0. The van der Waals surface area contributed by atoms with Crippen LogP contribution in [0, 0.1) is 13.8 Å². The van der Waals surface area contributed by atoms with Gasteiger partial charge in [-0.25, -0.2) is 4.79 Å². The van der Waals surface area contributed by atoms with E-state index < -0.39 is 0 Å². The summed E-state index contributed by atoms with van der Waals surface area (Å²) < 4.78 is 11.0. The monoisotopic (exact) mass is 342 g/mol. The van der Waals surface area contributed by atoms with Crippen LogP contribution >= 0.6 is 0 Å². The van der Waals surface area contributed by atoms with Crippen LogP contribution in [-0.4, -0.2) is 20.6 Å². The maximum absolute atomic E-state index is 12.0. The predicted octanol–water partition coefficient (Wildman–Crippen LogP) is 0.952. The fraction of sp³-hybridized carbons (Fsp3) is 0.350. The van der Waals surface area contributed by atoms with E-state index in [2.05, 4.69) is 25.5 Å². The number of nitrogens with one attached hydrogen (secondary N) is 1. The van der Waals surface area contributed by atoms with Crippen LogP contribution < -0.4 is 15.8 Å². The zero-order chi connectivity index (χ0) is 18.0. The fourth-order valence-corrected chi connectivity index (χ4v) is 3.22. The standard InChI is InChI=1S/C20H24N2O3/c1-13-7-8-16-15(10-19(23)25-20(16)14(13)2)11-21-12-17(22(3)4)18-6-5-9-24-18/h5-10,17,21H,11-12H2,1-4H3/p+2/t17-/m1/s1. The van der Waals surface area contributed by atoms with E-state index in [0.29, 0.717) is 5.58 Å². The Morgan fingerprint density at radius 3 is 2.68 bits per heavy atom. The smallest absolute Gasteiger partial charge is 0.336 e. The number of nitrogens with two attached hydrogens (primary N) is 1. The molecule has 2 heterocycles. The molecule has 0 unspecified atom stereocenters. The number of furan rings is 1. The normalized spacial score (nSPS) is 12.8. The zero-order valence-corrected chi connectivity index (χ0v) is 15.3. The van der Waals surface area contributed by atoms with E-state index in [-0.39, 0.29) is 11.7 Å². The first kappa shape index (κ1) is 17.5. The van der Waals surface area contributed by atoms with Crippen molar-refractivity contribution in [3.63, 3.8) is 0 Å². The van der Waals surface area contributed by atoms with Crippen molar-refractivity contribution in [3.05, 3.63) is 69.5 Å². The summed E-state index contributed by atoms with van der Waals surface area (Å²) in [5.41, 5.74) is 3.59. The Morgan fingerprint density at radius 2 is 2.00 bits per heavy atom. The lowest BCUT2D eigenvalue weighted by Gasteiger charge is -2.18. The Labute approximate surface area is 147 Å². The third-order valence-corrected chi connectivity index (χ3v) is 4.87. The van der Waals surface area contributed by atoms with Crippen molar-refractivity contribution in [3.8, 4) is 0 Å². The second kappa shape index (κ2) is 7.25. The van der Waals surface area contributed by atoms with Crippen LogP contribution in [0.15, 0.2) is 50.2 Å². The average molecular weight is 342 g/mol. The van der Waals surface area contributed by atoms with Crippen molar-refractivity contribution in [2.75, 3.05) is 20.6 Å². The zero-order valence-electron chi connectivity index (χ0n) is 15.3. The number of hydrogen-bond acceptors (Lipinski definition) is 3. The number of fused-ring (bicyclic) bond motifs is 1. The summed E-state index contributed by atoms with van der Waals surface area (Å²) in [7, 11) is 4.25. The molecular weight excluding hydrogens is 316 g/mol. The third kappa shape index (κ3) is 3.67. The Balaban J connectivity index is 1.81. The molecule has 5 nitrogen and oxygen atoms in total. The molecule has 3 aromatic rings. The molecule has 0 spiro atoms. The van der Waals surface area contributed by atoms with Gasteiger partial charge in [0.05, 0.1) is 20.4 Å². The molecule has 25 heavy (non-hydrogen) atoms. The first-order chi connectivity index (χ1) is 12.0. The van der Waals surface area contributed by atoms with Crippen molar-refractivity contribution >= 4 is 11.0 Å². The van der Waals surface area contributed by atoms with Crippen molar-refractivity contribution in [1.29, 1.82) is 0 Å². The van der Waals surface area contributed by atoms with E-state index in [4.69, 9.17) is 8.83 Å². The second-order valence-electron chi connectivity index (χ2n) is 6.85. The summed E-state index contributed by atoms with van der Waals surface area (Å²) in [6.45, 7) is 5.63. The molecule has 132 valence electrons. The molecule has 2 aromatic heterocycles. The van der Waals surface area contributed by atoms with Gasteiger partial charge in [0.25, 0.3) is 0 Å². The SMILES string of the molecule is Cc1ccc2c(C[NH2+]C[C@H](c3ccco3)[NH+](C)C)cc(=O)oc2c1C. The number of benzene rings is 1. The van der Waals surface area contributed by atoms with Gasteiger partial charge in [-0.1, -0.05) is 12.1 Å². The third-order valence-electron chi connectivity index (χ3n) is 4.87. The number of likely N-dealkylation sites (N-methyl/N-ethyl adjacent to an activating group) is 1. The molecule has 0 aliphatic carbocycles. The van der Waals surface area contributed by atoms with Gasteiger partial charge >= 0.3 is 5.63 Å². The van der Waals surface area contributed by atoms with Gasteiger partial charge in [0.15, 0.2) is 11.8 Å². The van der Waals surface area contributed by atoms with E-state index in [1.807, 2.05) is 32.0 Å². The summed E-state index contributed by atoms with van der Waals surface area (Å²) in [5, 5.41) is 3.24. The van der Waals surface area contributed by atoms with Gasteiger partial charge in [-0.3, -0.25) is 0 Å². The van der Waals surface area contributed by atoms with Crippen molar-refractivity contribution < 1.29 is 19.1 Å². The molecule has 1 aromatic carbocycles. The Kier molecular flexibility index (Phi) is 5.06. The van der Waals surface area contributed by atoms with Gasteiger partial charge in [-0.2, -0.15) is 0 Å². The molecule has 0 radical (unpaired) electrons. The molecule has 0 saturated heterocycles. The Morgan fingerprint density at radius 1 is 1.20 bits per heavy atom.